The van der Waals surface area contributed by atoms with Crippen molar-refractivity contribution in [1.29, 1.82) is 0 Å². The molecule has 0 aliphatic carbocycles. The molecule has 1 N–H and O–H groups in total. The molecule has 11 heteroatoms. The molecule has 1 unspecified atom stereocenters. The number of rotatable bonds is 12. The number of benzene rings is 1. The Hall–Kier alpha value is -3.47. The highest BCUT2D eigenvalue weighted by atomic mass is 16.6. The minimum absolute atomic E-state index is 0.170. The van der Waals surface area contributed by atoms with Gasteiger partial charge in [0, 0.05) is 30.8 Å². The van der Waals surface area contributed by atoms with Crippen molar-refractivity contribution in [2.24, 2.45) is 5.41 Å². The minimum atomic E-state index is -0.994. The van der Waals surface area contributed by atoms with Crippen molar-refractivity contribution in [1.82, 2.24) is 15.1 Å². The van der Waals surface area contributed by atoms with E-state index >= 15 is 0 Å². The summed E-state index contributed by atoms with van der Waals surface area (Å²) in [6.45, 7) is 12.7. The van der Waals surface area contributed by atoms with E-state index < -0.39 is 47.0 Å². The van der Waals surface area contributed by atoms with E-state index in [-0.39, 0.29) is 30.8 Å². The molecule has 1 aromatic rings. The number of nitrogens with zero attached hydrogens (tertiary/aromatic N) is 2. The number of carbonyl (C=O) groups excluding carboxylic acids is 5. The predicted molar refractivity (Wildman–Crippen MR) is 153 cm³/mol. The van der Waals surface area contributed by atoms with Crippen LogP contribution < -0.4 is 5.32 Å². The van der Waals surface area contributed by atoms with Crippen molar-refractivity contribution in [2.45, 2.75) is 78.5 Å². The fraction of sp³-hybridized carbons (Fsp3) is 0.633. The van der Waals surface area contributed by atoms with Gasteiger partial charge in [0.1, 0.15) is 17.7 Å². The fourth-order valence-electron chi connectivity index (χ4n) is 4.50. The summed E-state index contributed by atoms with van der Waals surface area (Å²) in [6.07, 6.45) is 2.01. The van der Waals surface area contributed by atoms with Crippen LogP contribution in [-0.2, 0) is 23.8 Å². The first kappa shape index (κ1) is 33.7. The molecule has 2 atom stereocenters. The van der Waals surface area contributed by atoms with Crippen LogP contribution in [0.1, 0.15) is 81.5 Å². The van der Waals surface area contributed by atoms with Crippen LogP contribution in [0, 0.1) is 5.41 Å². The third-order valence-electron chi connectivity index (χ3n) is 7.01. The highest BCUT2D eigenvalue weighted by molar-refractivity contribution is 6.02. The molecule has 1 aliphatic heterocycles. The summed E-state index contributed by atoms with van der Waals surface area (Å²) in [7, 11) is 1.28. The van der Waals surface area contributed by atoms with Crippen molar-refractivity contribution in [2.75, 3.05) is 39.9 Å². The molecule has 0 aromatic heterocycles. The molecule has 1 aliphatic rings. The quantitative estimate of drug-likeness (QED) is 0.172. The summed E-state index contributed by atoms with van der Waals surface area (Å²) >= 11 is 0. The Balaban J connectivity index is 2.19. The van der Waals surface area contributed by atoms with Gasteiger partial charge in [-0.05, 0) is 51.6 Å². The van der Waals surface area contributed by atoms with E-state index in [9.17, 15) is 24.0 Å². The van der Waals surface area contributed by atoms with E-state index in [4.69, 9.17) is 14.2 Å². The van der Waals surface area contributed by atoms with E-state index in [1.165, 1.54) is 24.1 Å². The lowest BCUT2D eigenvalue weighted by Crippen LogP contribution is -2.60. The zero-order valence-corrected chi connectivity index (χ0v) is 25.4. The average Bonchev–Trinajstić information content (AvgIpc) is 2.93. The molecule has 1 fully saturated rings. The first-order valence-electron chi connectivity index (χ1n) is 14.1. The Kier molecular flexibility index (Phi) is 12.3. The lowest BCUT2D eigenvalue weighted by Gasteiger charge is -2.41. The van der Waals surface area contributed by atoms with Crippen LogP contribution in [0.25, 0.3) is 0 Å². The molecule has 11 nitrogen and oxygen atoms in total. The summed E-state index contributed by atoms with van der Waals surface area (Å²) in [6, 6.07) is 4.53. The highest BCUT2D eigenvalue weighted by Crippen LogP contribution is 2.28. The lowest BCUT2D eigenvalue weighted by molar-refractivity contribution is -0.149. The van der Waals surface area contributed by atoms with Crippen LogP contribution in [0.4, 0.5) is 4.79 Å². The second-order valence-electron chi connectivity index (χ2n) is 11.9. The van der Waals surface area contributed by atoms with E-state index in [0.717, 1.165) is 6.42 Å². The maximum atomic E-state index is 13.2. The van der Waals surface area contributed by atoms with Gasteiger partial charge in [-0.3, -0.25) is 19.4 Å². The monoisotopic (exact) mass is 575 g/mol. The van der Waals surface area contributed by atoms with Gasteiger partial charge in [-0.15, -0.1) is 0 Å². The van der Waals surface area contributed by atoms with E-state index in [1.807, 2.05) is 25.7 Å². The van der Waals surface area contributed by atoms with Crippen LogP contribution in [-0.4, -0.2) is 97.6 Å². The Morgan fingerprint density at radius 2 is 1.78 bits per heavy atom. The van der Waals surface area contributed by atoms with Gasteiger partial charge in [0.15, 0.2) is 6.29 Å². The fourth-order valence-corrected chi connectivity index (χ4v) is 4.50. The summed E-state index contributed by atoms with van der Waals surface area (Å²) in [5.41, 5.74) is -1.09. The molecule has 1 saturated heterocycles. The van der Waals surface area contributed by atoms with Crippen LogP contribution in [0.2, 0.25) is 0 Å². The average molecular weight is 576 g/mol. The number of aldehydes is 1. The number of unbranched alkanes of at least 4 members (excludes halogenated alkanes) is 1. The van der Waals surface area contributed by atoms with Gasteiger partial charge >= 0.3 is 18.0 Å². The molecule has 41 heavy (non-hydrogen) atoms. The van der Waals surface area contributed by atoms with E-state index in [1.54, 1.807) is 32.9 Å². The van der Waals surface area contributed by atoms with Crippen LogP contribution >= 0.6 is 0 Å². The van der Waals surface area contributed by atoms with Gasteiger partial charge in [0.05, 0.1) is 13.7 Å². The molecule has 2 rings (SSSR count). The number of hydrogen-bond donors (Lipinski definition) is 1. The molecule has 1 heterocycles. The standard InChI is InChI=1S/C30H45N3O8/c1-8-9-18-40-27(37)24(31-25(35)22-13-11-10-12-21(22)20-34)30(5,6)14-15-32-16-17-33(23(19-32)26(36)39-7)28(38)41-29(2,3)4/h10-13,20,23-24H,8-9,14-19H2,1-7H3,(H,31,35)/t23-,24?/m0/s1. The second kappa shape index (κ2) is 15.0. The molecule has 0 radical (unpaired) electrons. The number of methoxy groups -OCH3 is 1. The van der Waals surface area contributed by atoms with Crippen molar-refractivity contribution in [3.8, 4) is 0 Å². The predicted octanol–water partition coefficient (Wildman–Crippen LogP) is 3.45. The Morgan fingerprint density at radius 3 is 2.39 bits per heavy atom. The summed E-state index contributed by atoms with van der Waals surface area (Å²) in [4.78, 5) is 66.7. The van der Waals surface area contributed by atoms with Crippen molar-refractivity contribution in [3.63, 3.8) is 0 Å². The topological polar surface area (TPSA) is 132 Å². The molecule has 0 spiro atoms. The van der Waals surface area contributed by atoms with Crippen molar-refractivity contribution in [3.05, 3.63) is 35.4 Å². The third kappa shape index (κ3) is 9.84. The Labute approximate surface area is 242 Å². The van der Waals surface area contributed by atoms with Gasteiger partial charge in [-0.2, -0.15) is 0 Å². The maximum absolute atomic E-state index is 13.2. The van der Waals surface area contributed by atoms with Crippen LogP contribution in [0.15, 0.2) is 24.3 Å². The third-order valence-corrected chi connectivity index (χ3v) is 7.01. The molecule has 0 saturated carbocycles. The highest BCUT2D eigenvalue weighted by Gasteiger charge is 2.41. The van der Waals surface area contributed by atoms with Gasteiger partial charge in [-0.1, -0.05) is 45.4 Å². The largest absolute Gasteiger partial charge is 0.467 e. The number of esters is 2. The van der Waals surface area contributed by atoms with Crippen molar-refractivity contribution < 1.29 is 38.2 Å². The number of ether oxygens (including phenoxy) is 3. The van der Waals surface area contributed by atoms with Gasteiger partial charge < -0.3 is 19.5 Å². The zero-order chi connectivity index (χ0) is 30.8. The minimum Gasteiger partial charge on any atom is -0.467 e. The second-order valence-corrected chi connectivity index (χ2v) is 11.9. The lowest BCUT2D eigenvalue weighted by atomic mass is 9.80. The summed E-state index contributed by atoms with van der Waals surface area (Å²) in [5, 5.41) is 2.81. The molecule has 0 bridgehead atoms. The number of piperazine rings is 1. The maximum Gasteiger partial charge on any atom is 0.411 e. The van der Waals surface area contributed by atoms with E-state index in [0.29, 0.717) is 32.2 Å². The number of carbonyl (C=O) groups is 5. The van der Waals surface area contributed by atoms with Crippen LogP contribution in [0.3, 0.4) is 0 Å². The molecule has 2 amide bonds. The first-order chi connectivity index (χ1) is 19.2. The number of hydrogen-bond acceptors (Lipinski definition) is 9. The molecular formula is C30H45N3O8. The molecule has 228 valence electrons. The van der Waals surface area contributed by atoms with E-state index in [2.05, 4.69) is 5.32 Å². The SMILES string of the molecule is CCCCOC(=O)C(NC(=O)c1ccccc1C=O)C(C)(C)CCN1CCN(C(=O)OC(C)(C)C)[C@H](C(=O)OC)C1. The van der Waals surface area contributed by atoms with Gasteiger partial charge in [0.2, 0.25) is 0 Å². The zero-order valence-electron chi connectivity index (χ0n) is 25.4. The first-order valence-corrected chi connectivity index (χ1v) is 14.1. The molecular weight excluding hydrogens is 530 g/mol. The van der Waals surface area contributed by atoms with Gasteiger partial charge in [-0.25, -0.2) is 14.4 Å². The summed E-state index contributed by atoms with van der Waals surface area (Å²) in [5.74, 6) is -1.64. The molecule has 1 aromatic carbocycles. The number of nitrogens with one attached hydrogen (secondary N) is 1. The van der Waals surface area contributed by atoms with Gasteiger partial charge in [0.25, 0.3) is 5.91 Å². The Bertz CT molecular complexity index is 1080. The number of amides is 2. The van der Waals surface area contributed by atoms with Crippen molar-refractivity contribution >= 4 is 30.2 Å². The Morgan fingerprint density at radius 1 is 1.10 bits per heavy atom. The summed E-state index contributed by atoms with van der Waals surface area (Å²) < 4.78 is 16.0. The normalized spacial score (nSPS) is 16.9. The smallest absolute Gasteiger partial charge is 0.411 e. The van der Waals surface area contributed by atoms with Crippen LogP contribution in [0.5, 0.6) is 0 Å².